The molecule has 0 unspecified atom stereocenters. The van der Waals surface area contributed by atoms with Gasteiger partial charge in [-0.1, -0.05) is 36.0 Å². The lowest BCUT2D eigenvalue weighted by molar-refractivity contribution is -0.126. The molecule has 0 spiro atoms. The molecule has 124 valence electrons. The first-order chi connectivity index (χ1) is 11.0. The molecular weight excluding hydrogens is 308 g/mol. The number of nitrogens with one attached hydrogen (secondary N) is 1. The molecule has 0 aliphatic heterocycles. The third-order valence-electron chi connectivity index (χ3n) is 3.92. The molecule has 2 rings (SSSR count). The van der Waals surface area contributed by atoms with Gasteiger partial charge in [-0.25, -0.2) is 4.98 Å². The molecule has 2 aromatic rings. The van der Waals surface area contributed by atoms with Crippen LogP contribution in [0.15, 0.2) is 35.6 Å². The number of thioether (sulfide) groups is 1. The summed E-state index contributed by atoms with van der Waals surface area (Å²) in [4.78, 5) is 19.0. The monoisotopic (exact) mass is 332 g/mol. The van der Waals surface area contributed by atoms with Gasteiger partial charge in [-0.05, 0) is 38.4 Å². The number of carbonyl (C=O) groups excluding carboxylic acids is 1. The predicted molar refractivity (Wildman–Crippen MR) is 94.4 cm³/mol. The number of likely N-dealkylation sites (N-methyl/N-ethyl adjacent to an activating group) is 1. The van der Waals surface area contributed by atoms with E-state index in [9.17, 15) is 4.79 Å². The predicted octanol–water partition coefficient (Wildman–Crippen LogP) is 2.37. The van der Waals surface area contributed by atoms with Crippen molar-refractivity contribution in [2.24, 2.45) is 7.05 Å². The number of carbonyl (C=O) groups is 1. The highest BCUT2D eigenvalue weighted by molar-refractivity contribution is 7.98. The maximum absolute atomic E-state index is 12.7. The maximum Gasteiger partial charge on any atom is 0.242 e. The van der Waals surface area contributed by atoms with Crippen molar-refractivity contribution in [1.29, 1.82) is 0 Å². The zero-order valence-corrected chi connectivity index (χ0v) is 15.1. The first-order valence-corrected chi connectivity index (χ1v) is 8.72. The summed E-state index contributed by atoms with van der Waals surface area (Å²) in [6.45, 7) is 2.50. The van der Waals surface area contributed by atoms with E-state index in [2.05, 4.69) is 10.3 Å². The normalized spacial score (nSPS) is 12.4. The number of aromatic nitrogens is 2. The van der Waals surface area contributed by atoms with Crippen LogP contribution in [-0.4, -0.2) is 40.7 Å². The minimum atomic E-state index is -0.301. The standard InChI is InChI=1S/C17H24N4OS/c1-12-8-6-7-9-14(12)15(20(2)3)16(22)18-10-13-11-19-17(23-5)21(13)4/h6-9,11,15H,10H2,1-5H3,(H,18,22)/t15-/m0/s1. The highest BCUT2D eigenvalue weighted by Gasteiger charge is 2.24. The Morgan fingerprint density at radius 2 is 2.09 bits per heavy atom. The second-order valence-electron chi connectivity index (χ2n) is 5.74. The minimum Gasteiger partial charge on any atom is -0.349 e. The van der Waals surface area contributed by atoms with E-state index in [1.165, 1.54) is 0 Å². The first-order valence-electron chi connectivity index (χ1n) is 7.50. The molecule has 0 aliphatic rings. The highest BCUT2D eigenvalue weighted by Crippen LogP contribution is 2.22. The van der Waals surface area contributed by atoms with E-state index in [-0.39, 0.29) is 11.9 Å². The van der Waals surface area contributed by atoms with Crippen molar-refractivity contribution in [3.05, 3.63) is 47.3 Å². The van der Waals surface area contributed by atoms with Gasteiger partial charge >= 0.3 is 0 Å². The summed E-state index contributed by atoms with van der Waals surface area (Å²) in [7, 11) is 5.81. The molecule has 1 amide bonds. The van der Waals surface area contributed by atoms with Crippen molar-refractivity contribution >= 4 is 17.7 Å². The van der Waals surface area contributed by atoms with Gasteiger partial charge in [0.15, 0.2) is 5.16 Å². The molecule has 1 aromatic heterocycles. The van der Waals surface area contributed by atoms with Gasteiger partial charge in [0.25, 0.3) is 0 Å². The van der Waals surface area contributed by atoms with Crippen LogP contribution in [0.3, 0.4) is 0 Å². The van der Waals surface area contributed by atoms with Crippen LogP contribution in [0.2, 0.25) is 0 Å². The maximum atomic E-state index is 12.7. The van der Waals surface area contributed by atoms with Gasteiger partial charge in [-0.15, -0.1) is 0 Å². The summed E-state index contributed by atoms with van der Waals surface area (Å²) in [5.74, 6) is -0.00352. The lowest BCUT2D eigenvalue weighted by Gasteiger charge is -2.25. The van der Waals surface area contributed by atoms with E-state index in [0.29, 0.717) is 6.54 Å². The summed E-state index contributed by atoms with van der Waals surface area (Å²) >= 11 is 1.59. The summed E-state index contributed by atoms with van der Waals surface area (Å²) in [6, 6.07) is 7.70. The largest absolute Gasteiger partial charge is 0.349 e. The van der Waals surface area contributed by atoms with Gasteiger partial charge in [0, 0.05) is 7.05 Å². The molecule has 5 nitrogen and oxygen atoms in total. The Labute approximate surface area is 142 Å². The molecule has 0 saturated carbocycles. The molecule has 0 bridgehead atoms. The summed E-state index contributed by atoms with van der Waals surface area (Å²) < 4.78 is 2.00. The number of imidazole rings is 1. The van der Waals surface area contributed by atoms with Crippen LogP contribution in [0, 0.1) is 6.92 Å². The van der Waals surface area contributed by atoms with Crippen molar-refractivity contribution < 1.29 is 4.79 Å². The fourth-order valence-electron chi connectivity index (χ4n) is 2.60. The highest BCUT2D eigenvalue weighted by atomic mass is 32.2. The molecular formula is C17H24N4OS. The topological polar surface area (TPSA) is 50.2 Å². The number of hydrogen-bond acceptors (Lipinski definition) is 4. The number of aryl methyl sites for hydroxylation is 1. The van der Waals surface area contributed by atoms with Crippen molar-refractivity contribution in [1.82, 2.24) is 19.8 Å². The fourth-order valence-corrected chi connectivity index (χ4v) is 3.15. The van der Waals surface area contributed by atoms with Crippen molar-refractivity contribution in [2.45, 2.75) is 24.7 Å². The Morgan fingerprint density at radius 1 is 1.39 bits per heavy atom. The van der Waals surface area contributed by atoms with Gasteiger partial charge in [0.1, 0.15) is 6.04 Å². The Hall–Kier alpha value is -1.79. The van der Waals surface area contributed by atoms with Crippen LogP contribution in [0.4, 0.5) is 0 Å². The molecule has 1 atom stereocenters. The Balaban J connectivity index is 2.13. The molecule has 0 fully saturated rings. The fraction of sp³-hybridized carbons (Fsp3) is 0.412. The molecule has 1 heterocycles. The smallest absolute Gasteiger partial charge is 0.242 e. The molecule has 6 heteroatoms. The third-order valence-corrected chi connectivity index (χ3v) is 4.66. The molecule has 0 aliphatic carbocycles. The minimum absolute atomic E-state index is 0.00352. The van der Waals surface area contributed by atoms with E-state index < -0.39 is 0 Å². The molecule has 1 aromatic carbocycles. The number of amides is 1. The van der Waals surface area contributed by atoms with Gasteiger partial charge in [0.2, 0.25) is 5.91 Å². The molecule has 23 heavy (non-hydrogen) atoms. The van der Waals surface area contributed by atoms with E-state index in [4.69, 9.17) is 0 Å². The van der Waals surface area contributed by atoms with Crippen LogP contribution in [0.5, 0.6) is 0 Å². The third kappa shape index (κ3) is 3.95. The second-order valence-corrected chi connectivity index (χ2v) is 6.51. The van der Waals surface area contributed by atoms with Gasteiger partial charge < -0.3 is 9.88 Å². The summed E-state index contributed by atoms with van der Waals surface area (Å²) in [5.41, 5.74) is 3.14. The van der Waals surface area contributed by atoms with Gasteiger partial charge in [0.05, 0.1) is 18.4 Å². The van der Waals surface area contributed by atoms with Crippen LogP contribution in [0.25, 0.3) is 0 Å². The van der Waals surface area contributed by atoms with Crippen molar-refractivity contribution in [3.63, 3.8) is 0 Å². The van der Waals surface area contributed by atoms with Crippen LogP contribution < -0.4 is 5.32 Å². The van der Waals surface area contributed by atoms with E-state index in [1.807, 2.05) is 74.3 Å². The summed E-state index contributed by atoms with van der Waals surface area (Å²) in [6.07, 6.45) is 3.80. The zero-order chi connectivity index (χ0) is 17.0. The zero-order valence-electron chi connectivity index (χ0n) is 14.3. The summed E-state index contributed by atoms with van der Waals surface area (Å²) in [5, 5.41) is 3.98. The Morgan fingerprint density at radius 3 is 2.65 bits per heavy atom. The SMILES string of the molecule is CSc1ncc(CNC(=O)[C@H](c2ccccc2C)N(C)C)n1C. The number of benzene rings is 1. The average molecular weight is 332 g/mol. The lowest BCUT2D eigenvalue weighted by Crippen LogP contribution is -2.37. The lowest BCUT2D eigenvalue weighted by atomic mass is 10.00. The van der Waals surface area contributed by atoms with E-state index in [0.717, 1.165) is 22.0 Å². The quantitative estimate of drug-likeness (QED) is 0.825. The number of hydrogen-bond donors (Lipinski definition) is 1. The van der Waals surface area contributed by atoms with Crippen LogP contribution >= 0.6 is 11.8 Å². The second kappa shape index (κ2) is 7.66. The number of nitrogens with zero attached hydrogens (tertiary/aromatic N) is 3. The Kier molecular flexibility index (Phi) is 5.85. The molecule has 1 N–H and O–H groups in total. The first kappa shape index (κ1) is 17.6. The molecule has 0 radical (unpaired) electrons. The van der Waals surface area contributed by atoms with Gasteiger partial charge in [-0.2, -0.15) is 0 Å². The number of rotatable bonds is 6. The van der Waals surface area contributed by atoms with E-state index >= 15 is 0 Å². The Bertz CT molecular complexity index is 681. The van der Waals surface area contributed by atoms with Crippen LogP contribution in [-0.2, 0) is 18.4 Å². The van der Waals surface area contributed by atoms with Crippen molar-refractivity contribution in [3.8, 4) is 0 Å². The van der Waals surface area contributed by atoms with Crippen molar-refractivity contribution in [2.75, 3.05) is 20.4 Å². The van der Waals surface area contributed by atoms with Gasteiger partial charge in [-0.3, -0.25) is 9.69 Å². The van der Waals surface area contributed by atoms with E-state index in [1.54, 1.807) is 11.8 Å². The molecule has 0 saturated heterocycles. The average Bonchev–Trinajstić information content (AvgIpc) is 2.87. The van der Waals surface area contributed by atoms with Crippen LogP contribution in [0.1, 0.15) is 22.9 Å².